The number of hydrogen-bond donors (Lipinski definition) is 3. The Morgan fingerprint density at radius 2 is 1.90 bits per heavy atom. The summed E-state index contributed by atoms with van der Waals surface area (Å²) < 4.78 is 4.85. The number of methoxy groups -OCH3 is 1. The molecular weight excluding hydrogens is 294 g/mol. The minimum atomic E-state index is -0.591. The van der Waals surface area contributed by atoms with Crippen molar-refractivity contribution in [3.8, 4) is 0 Å². The minimum absolute atomic E-state index is 0. The van der Waals surface area contributed by atoms with Crippen molar-refractivity contribution in [2.75, 3.05) is 32.1 Å². The van der Waals surface area contributed by atoms with Crippen molar-refractivity contribution < 1.29 is 14.3 Å². The van der Waals surface area contributed by atoms with Crippen molar-refractivity contribution >= 4 is 29.9 Å². The Bertz CT molecular complexity index is 429. The summed E-state index contributed by atoms with van der Waals surface area (Å²) in [6.07, 6.45) is 0. The second kappa shape index (κ2) is 11.1. The van der Waals surface area contributed by atoms with E-state index in [0.717, 1.165) is 0 Å². The highest BCUT2D eigenvalue weighted by Gasteiger charge is 2.15. The van der Waals surface area contributed by atoms with Crippen molar-refractivity contribution in [3.63, 3.8) is 0 Å². The number of benzene rings is 1. The highest BCUT2D eigenvalue weighted by Crippen LogP contribution is 2.05. The predicted molar refractivity (Wildman–Crippen MR) is 84.7 cm³/mol. The summed E-state index contributed by atoms with van der Waals surface area (Å²) in [7, 11) is 1.59. The van der Waals surface area contributed by atoms with Crippen LogP contribution in [0.25, 0.3) is 0 Å². The number of anilines is 1. The van der Waals surface area contributed by atoms with Gasteiger partial charge in [0, 0.05) is 19.3 Å². The number of carbonyl (C=O) groups is 2. The number of amides is 2. The lowest BCUT2D eigenvalue weighted by atomic mass is 10.2. The number of hydrogen-bond acceptors (Lipinski definition) is 4. The van der Waals surface area contributed by atoms with Crippen LogP contribution in [0.15, 0.2) is 30.3 Å². The van der Waals surface area contributed by atoms with Crippen LogP contribution in [0.4, 0.5) is 5.69 Å². The number of nitrogens with one attached hydrogen (secondary N) is 3. The topological polar surface area (TPSA) is 79.5 Å². The molecule has 1 atom stereocenters. The molecule has 118 valence electrons. The maximum atomic E-state index is 11.9. The normalized spacial score (nSPS) is 11.1. The van der Waals surface area contributed by atoms with Gasteiger partial charge in [0.25, 0.3) is 0 Å². The van der Waals surface area contributed by atoms with Crippen LogP contribution in [-0.4, -0.2) is 44.7 Å². The standard InChI is InChI=1S/C14H21N3O3.ClH/c1-11(16-13(18)10-15-8-9-20-2)14(19)17-12-6-4-3-5-7-12;/h3-7,11,15H,8-10H2,1-2H3,(H,16,18)(H,17,19);1H. The maximum absolute atomic E-state index is 11.9. The van der Waals surface area contributed by atoms with Crippen LogP contribution < -0.4 is 16.0 Å². The molecule has 21 heavy (non-hydrogen) atoms. The molecule has 1 rings (SSSR count). The van der Waals surface area contributed by atoms with E-state index in [-0.39, 0.29) is 30.8 Å². The molecule has 0 fully saturated rings. The van der Waals surface area contributed by atoms with Crippen LogP contribution in [-0.2, 0) is 14.3 Å². The van der Waals surface area contributed by atoms with Gasteiger partial charge in [0.2, 0.25) is 11.8 Å². The second-order valence-corrected chi connectivity index (χ2v) is 4.31. The van der Waals surface area contributed by atoms with Crippen molar-refractivity contribution in [1.29, 1.82) is 0 Å². The average molecular weight is 316 g/mol. The van der Waals surface area contributed by atoms with E-state index in [1.165, 1.54) is 0 Å². The van der Waals surface area contributed by atoms with Crippen LogP contribution in [0.1, 0.15) is 6.92 Å². The monoisotopic (exact) mass is 315 g/mol. The van der Waals surface area contributed by atoms with Gasteiger partial charge in [0.1, 0.15) is 6.04 Å². The number of rotatable bonds is 8. The Balaban J connectivity index is 0.00000400. The molecule has 0 bridgehead atoms. The van der Waals surface area contributed by atoms with Gasteiger partial charge < -0.3 is 20.7 Å². The van der Waals surface area contributed by atoms with E-state index < -0.39 is 6.04 Å². The van der Waals surface area contributed by atoms with Gasteiger partial charge in [-0.3, -0.25) is 9.59 Å². The third-order valence-corrected chi connectivity index (χ3v) is 2.58. The summed E-state index contributed by atoms with van der Waals surface area (Å²) in [5, 5.41) is 8.26. The van der Waals surface area contributed by atoms with Crippen LogP contribution in [0.5, 0.6) is 0 Å². The molecule has 1 unspecified atom stereocenters. The molecule has 0 radical (unpaired) electrons. The highest BCUT2D eigenvalue weighted by atomic mass is 35.5. The van der Waals surface area contributed by atoms with E-state index in [1.54, 1.807) is 26.2 Å². The molecule has 6 nitrogen and oxygen atoms in total. The largest absolute Gasteiger partial charge is 0.383 e. The molecule has 0 saturated heterocycles. The summed E-state index contributed by atoms with van der Waals surface area (Å²) in [5.74, 6) is -0.474. The molecule has 2 amide bonds. The zero-order valence-corrected chi connectivity index (χ0v) is 13.0. The van der Waals surface area contributed by atoms with Crippen molar-refractivity contribution in [2.45, 2.75) is 13.0 Å². The Morgan fingerprint density at radius 1 is 1.24 bits per heavy atom. The third-order valence-electron chi connectivity index (χ3n) is 2.58. The second-order valence-electron chi connectivity index (χ2n) is 4.31. The SMILES string of the molecule is COCCNCC(=O)NC(C)C(=O)Nc1ccccc1.Cl. The fourth-order valence-corrected chi connectivity index (χ4v) is 1.51. The smallest absolute Gasteiger partial charge is 0.246 e. The summed E-state index contributed by atoms with van der Waals surface area (Å²) >= 11 is 0. The molecule has 0 aliphatic carbocycles. The Kier molecular flexibility index (Phi) is 10.2. The van der Waals surface area contributed by atoms with E-state index in [0.29, 0.717) is 18.8 Å². The molecule has 1 aromatic carbocycles. The minimum Gasteiger partial charge on any atom is -0.383 e. The molecule has 0 aromatic heterocycles. The molecule has 1 aromatic rings. The summed E-state index contributed by atoms with van der Waals surface area (Å²) in [6, 6.07) is 8.52. The first-order chi connectivity index (χ1) is 9.63. The first-order valence-corrected chi connectivity index (χ1v) is 6.48. The number of carbonyl (C=O) groups excluding carboxylic acids is 2. The van der Waals surface area contributed by atoms with E-state index in [9.17, 15) is 9.59 Å². The van der Waals surface area contributed by atoms with E-state index in [1.807, 2.05) is 18.2 Å². The molecule has 0 heterocycles. The quantitative estimate of drug-likeness (QED) is 0.620. The molecule has 0 aliphatic heterocycles. The first kappa shape index (κ1) is 19.4. The Morgan fingerprint density at radius 3 is 2.52 bits per heavy atom. The van der Waals surface area contributed by atoms with Crippen LogP contribution in [0.3, 0.4) is 0 Å². The lowest BCUT2D eigenvalue weighted by Gasteiger charge is -2.14. The van der Waals surface area contributed by atoms with Gasteiger partial charge in [-0.1, -0.05) is 18.2 Å². The molecule has 3 N–H and O–H groups in total. The van der Waals surface area contributed by atoms with E-state index in [2.05, 4.69) is 16.0 Å². The highest BCUT2D eigenvalue weighted by molar-refractivity contribution is 5.97. The van der Waals surface area contributed by atoms with Gasteiger partial charge in [0.05, 0.1) is 13.2 Å². The Labute approximate surface area is 131 Å². The lowest BCUT2D eigenvalue weighted by molar-refractivity contribution is -0.125. The summed E-state index contributed by atoms with van der Waals surface area (Å²) in [4.78, 5) is 23.4. The average Bonchev–Trinajstić information content (AvgIpc) is 2.44. The zero-order valence-electron chi connectivity index (χ0n) is 12.2. The number of ether oxygens (including phenoxy) is 1. The predicted octanol–water partition coefficient (Wildman–Crippen LogP) is 0.788. The molecule has 0 spiro atoms. The van der Waals surface area contributed by atoms with Crippen molar-refractivity contribution in [2.24, 2.45) is 0 Å². The fraction of sp³-hybridized carbons (Fsp3) is 0.429. The maximum Gasteiger partial charge on any atom is 0.246 e. The van der Waals surface area contributed by atoms with Crippen molar-refractivity contribution in [3.05, 3.63) is 30.3 Å². The third kappa shape index (κ3) is 8.29. The van der Waals surface area contributed by atoms with Gasteiger partial charge in [0.15, 0.2) is 0 Å². The van der Waals surface area contributed by atoms with Gasteiger partial charge in [-0.2, -0.15) is 0 Å². The fourth-order valence-electron chi connectivity index (χ4n) is 1.51. The van der Waals surface area contributed by atoms with Gasteiger partial charge in [-0.15, -0.1) is 12.4 Å². The lowest BCUT2D eigenvalue weighted by Crippen LogP contribution is -2.45. The number of para-hydroxylation sites is 1. The molecule has 0 saturated carbocycles. The van der Waals surface area contributed by atoms with Gasteiger partial charge in [-0.25, -0.2) is 0 Å². The summed E-state index contributed by atoms with van der Waals surface area (Å²) in [5.41, 5.74) is 0.705. The van der Waals surface area contributed by atoms with Gasteiger partial charge in [-0.05, 0) is 19.1 Å². The Hall–Kier alpha value is -1.63. The van der Waals surface area contributed by atoms with Crippen LogP contribution in [0.2, 0.25) is 0 Å². The molecule has 0 aliphatic rings. The van der Waals surface area contributed by atoms with Crippen molar-refractivity contribution in [1.82, 2.24) is 10.6 Å². The zero-order chi connectivity index (χ0) is 14.8. The van der Waals surface area contributed by atoms with E-state index >= 15 is 0 Å². The first-order valence-electron chi connectivity index (χ1n) is 6.48. The molecular formula is C14H22ClN3O3. The van der Waals surface area contributed by atoms with Crippen LogP contribution in [0, 0.1) is 0 Å². The molecule has 7 heteroatoms. The van der Waals surface area contributed by atoms with Gasteiger partial charge >= 0.3 is 0 Å². The number of halogens is 1. The summed E-state index contributed by atoms with van der Waals surface area (Å²) in [6.45, 7) is 2.93. The van der Waals surface area contributed by atoms with E-state index in [4.69, 9.17) is 4.74 Å². The van der Waals surface area contributed by atoms with Crippen LogP contribution >= 0.6 is 12.4 Å².